The second-order valence-electron chi connectivity index (χ2n) is 8.44. The molecule has 0 saturated heterocycles. The number of hydrogen-bond donors (Lipinski definition) is 0. The van der Waals surface area contributed by atoms with Crippen LogP contribution in [-0.2, 0) is 13.2 Å². The van der Waals surface area contributed by atoms with E-state index >= 15 is 0 Å². The van der Waals surface area contributed by atoms with E-state index < -0.39 is 11.7 Å². The number of aryl methyl sites for hydroxylation is 2. The van der Waals surface area contributed by atoms with Crippen molar-refractivity contribution in [2.75, 3.05) is 35.3 Å². The van der Waals surface area contributed by atoms with Crippen LogP contribution in [0.5, 0.6) is 0 Å². The van der Waals surface area contributed by atoms with Crippen LogP contribution in [0, 0.1) is 6.92 Å². The molecule has 5 nitrogen and oxygen atoms in total. The third-order valence-corrected chi connectivity index (χ3v) is 6.16. The maximum absolute atomic E-state index is 14.2. The number of benzene rings is 2. The molecule has 8 heteroatoms. The van der Waals surface area contributed by atoms with Gasteiger partial charge in [-0.2, -0.15) is 18.3 Å². The zero-order valence-electron chi connectivity index (χ0n) is 19.5. The van der Waals surface area contributed by atoms with E-state index in [1.165, 1.54) is 16.9 Å². The van der Waals surface area contributed by atoms with Gasteiger partial charge in [0.15, 0.2) is 0 Å². The van der Waals surface area contributed by atoms with Crippen LogP contribution in [0.2, 0.25) is 0 Å². The minimum atomic E-state index is -4.50. The summed E-state index contributed by atoms with van der Waals surface area (Å²) in [7, 11) is 5.58. The molecule has 4 rings (SSSR count). The van der Waals surface area contributed by atoms with E-state index in [-0.39, 0.29) is 5.56 Å². The highest BCUT2D eigenvalue weighted by Gasteiger charge is 2.35. The van der Waals surface area contributed by atoms with Gasteiger partial charge in [0.25, 0.3) is 0 Å². The van der Waals surface area contributed by atoms with Crippen LogP contribution < -0.4 is 14.7 Å². The van der Waals surface area contributed by atoms with Gasteiger partial charge < -0.3 is 14.7 Å². The Kier molecular flexibility index (Phi) is 5.64. The number of alkyl halides is 3. The number of aromatic nitrogens is 2. The molecule has 0 spiro atoms. The minimum absolute atomic E-state index is 0.139. The predicted molar refractivity (Wildman–Crippen MR) is 128 cm³/mol. The lowest BCUT2D eigenvalue weighted by molar-refractivity contribution is -0.137. The number of anilines is 4. The molecule has 0 radical (unpaired) electrons. The first kappa shape index (κ1) is 22.8. The molecule has 0 aliphatic carbocycles. The Balaban J connectivity index is 1.86. The maximum atomic E-state index is 14.2. The van der Waals surface area contributed by atoms with Crippen LogP contribution in [-0.4, -0.2) is 30.4 Å². The molecule has 0 amide bonds. The van der Waals surface area contributed by atoms with Crippen LogP contribution in [0.25, 0.3) is 11.1 Å². The van der Waals surface area contributed by atoms with E-state index in [1.807, 2.05) is 60.8 Å². The molecular formula is C25H28F3N5. The predicted octanol–water partition coefficient (Wildman–Crippen LogP) is 6.32. The fourth-order valence-corrected chi connectivity index (χ4v) is 4.37. The van der Waals surface area contributed by atoms with Crippen molar-refractivity contribution in [3.8, 4) is 11.1 Å². The second-order valence-corrected chi connectivity index (χ2v) is 8.44. The van der Waals surface area contributed by atoms with Crippen LogP contribution in [0.15, 0.2) is 55.1 Å². The topological polar surface area (TPSA) is 27.5 Å². The van der Waals surface area contributed by atoms with Crippen LogP contribution in [0.1, 0.15) is 24.5 Å². The van der Waals surface area contributed by atoms with Gasteiger partial charge >= 0.3 is 6.18 Å². The Hall–Kier alpha value is -3.42. The van der Waals surface area contributed by atoms with Crippen molar-refractivity contribution in [1.82, 2.24) is 9.78 Å². The third-order valence-electron chi connectivity index (χ3n) is 6.16. The number of nitrogens with zero attached hydrogens (tertiary/aromatic N) is 5. The minimum Gasteiger partial charge on any atom is -0.341 e. The van der Waals surface area contributed by atoms with E-state index in [1.54, 1.807) is 19.3 Å². The third kappa shape index (κ3) is 3.94. The lowest BCUT2D eigenvalue weighted by atomic mass is 9.97. The number of hydrogen-bond acceptors (Lipinski definition) is 4. The fourth-order valence-electron chi connectivity index (χ4n) is 4.37. The molecule has 2 aromatic carbocycles. The summed E-state index contributed by atoms with van der Waals surface area (Å²) in [5.74, 6) is 0.848. The summed E-state index contributed by atoms with van der Waals surface area (Å²) in [6, 6.07) is 8.86. The highest BCUT2D eigenvalue weighted by atomic mass is 19.4. The van der Waals surface area contributed by atoms with Gasteiger partial charge in [-0.25, -0.2) is 0 Å². The standard InChI is InChI=1S/C25H28F3N5/c1-7-10-33(19-8-9-22-24(12-19)32(6)17(3)31(22)5)23-13-21(25(26,27)28)20(11-16(23)2)18-14-29-30(4)15-18/h8-9,11-15H,3,7,10H2,1-2,4-6H3. The Labute approximate surface area is 192 Å². The summed E-state index contributed by atoms with van der Waals surface area (Å²) in [6.45, 7) is 8.56. The normalized spacial score (nSPS) is 13.6. The van der Waals surface area contributed by atoms with Gasteiger partial charge in [-0.05, 0) is 54.8 Å². The Morgan fingerprint density at radius 1 is 1.03 bits per heavy atom. The first-order chi connectivity index (χ1) is 15.5. The van der Waals surface area contributed by atoms with Crippen LogP contribution in [0.3, 0.4) is 0 Å². The molecule has 3 aromatic rings. The monoisotopic (exact) mass is 455 g/mol. The molecule has 1 aromatic heterocycles. The fraction of sp³-hybridized carbons (Fsp3) is 0.320. The Morgan fingerprint density at radius 3 is 2.33 bits per heavy atom. The molecular weight excluding hydrogens is 427 g/mol. The van der Waals surface area contributed by atoms with Gasteiger partial charge in [-0.3, -0.25) is 4.68 Å². The van der Waals surface area contributed by atoms with Crippen molar-refractivity contribution in [3.05, 3.63) is 66.3 Å². The van der Waals surface area contributed by atoms with E-state index in [0.717, 1.165) is 34.9 Å². The van der Waals surface area contributed by atoms with Crippen molar-refractivity contribution in [1.29, 1.82) is 0 Å². The van der Waals surface area contributed by atoms with Crippen molar-refractivity contribution in [2.24, 2.45) is 7.05 Å². The van der Waals surface area contributed by atoms with Crippen molar-refractivity contribution >= 4 is 22.7 Å². The zero-order valence-corrected chi connectivity index (χ0v) is 19.5. The molecule has 0 atom stereocenters. The summed E-state index contributed by atoms with van der Waals surface area (Å²) in [5, 5.41) is 4.06. The largest absolute Gasteiger partial charge is 0.417 e. The summed E-state index contributed by atoms with van der Waals surface area (Å²) >= 11 is 0. The highest BCUT2D eigenvalue weighted by Crippen LogP contribution is 2.45. The first-order valence-electron chi connectivity index (χ1n) is 10.8. The van der Waals surface area contributed by atoms with Gasteiger partial charge in [0.05, 0.1) is 23.1 Å². The molecule has 1 aliphatic rings. The first-order valence-corrected chi connectivity index (χ1v) is 10.8. The van der Waals surface area contributed by atoms with E-state index in [9.17, 15) is 13.2 Å². The Bertz CT molecular complexity index is 1210. The van der Waals surface area contributed by atoms with Gasteiger partial charge in [-0.15, -0.1) is 0 Å². The quantitative estimate of drug-likeness (QED) is 0.450. The molecule has 0 fully saturated rings. The number of rotatable bonds is 5. The number of halogens is 3. The second kappa shape index (κ2) is 8.17. The van der Waals surface area contributed by atoms with Gasteiger partial charge in [0, 0.05) is 50.8 Å². The molecule has 1 aliphatic heterocycles. The lowest BCUT2D eigenvalue weighted by Crippen LogP contribution is -2.21. The maximum Gasteiger partial charge on any atom is 0.417 e. The zero-order chi connectivity index (χ0) is 24.1. The molecule has 2 heterocycles. The van der Waals surface area contributed by atoms with Gasteiger partial charge in [0.2, 0.25) is 0 Å². The smallest absolute Gasteiger partial charge is 0.341 e. The van der Waals surface area contributed by atoms with E-state index in [2.05, 4.69) is 11.7 Å². The van der Waals surface area contributed by atoms with E-state index in [0.29, 0.717) is 17.8 Å². The molecule has 0 bridgehead atoms. The summed E-state index contributed by atoms with van der Waals surface area (Å²) in [4.78, 5) is 5.95. The average molecular weight is 456 g/mol. The summed E-state index contributed by atoms with van der Waals surface area (Å²) in [5.41, 5.74) is 4.07. The van der Waals surface area contributed by atoms with Gasteiger partial charge in [-0.1, -0.05) is 13.5 Å². The van der Waals surface area contributed by atoms with Crippen molar-refractivity contribution in [2.45, 2.75) is 26.4 Å². The van der Waals surface area contributed by atoms with Crippen molar-refractivity contribution in [3.63, 3.8) is 0 Å². The molecule has 0 N–H and O–H groups in total. The average Bonchev–Trinajstić information content (AvgIpc) is 3.28. The molecule has 33 heavy (non-hydrogen) atoms. The lowest BCUT2D eigenvalue weighted by Gasteiger charge is -2.29. The molecule has 174 valence electrons. The summed E-state index contributed by atoms with van der Waals surface area (Å²) < 4.78 is 44.0. The van der Waals surface area contributed by atoms with Gasteiger partial charge in [0.1, 0.15) is 5.82 Å². The SMILES string of the molecule is C=C1N(C)c2ccc(N(CCC)c3cc(C(F)(F)F)c(-c4cnn(C)c4)cc3C)cc2N1C. The Morgan fingerprint density at radius 2 is 1.73 bits per heavy atom. The molecule has 0 saturated carbocycles. The highest BCUT2D eigenvalue weighted by molar-refractivity contribution is 5.86. The van der Waals surface area contributed by atoms with E-state index in [4.69, 9.17) is 0 Å². The molecule has 0 unspecified atom stereocenters. The summed E-state index contributed by atoms with van der Waals surface area (Å²) in [6.07, 6.45) is -0.644. The van der Waals surface area contributed by atoms with Crippen LogP contribution in [0.4, 0.5) is 35.9 Å². The van der Waals surface area contributed by atoms with Crippen molar-refractivity contribution < 1.29 is 13.2 Å². The number of fused-ring (bicyclic) bond motifs is 1. The van der Waals surface area contributed by atoms with Crippen LogP contribution >= 0.6 is 0 Å².